The van der Waals surface area contributed by atoms with E-state index in [9.17, 15) is 14.4 Å². The highest BCUT2D eigenvalue weighted by Crippen LogP contribution is 2.59. The lowest BCUT2D eigenvalue weighted by molar-refractivity contribution is -0.668. The lowest BCUT2D eigenvalue weighted by Crippen LogP contribution is -2.87. The molecular weight excluding hydrogens is 398 g/mol. The molecule has 1 aromatic rings. The number of hydrogen-bond acceptors (Lipinski definition) is 6. The number of carbonyl (C=O) groups is 3. The molecular formula is C24H30NO6+. The number of piperidine rings is 1. The highest BCUT2D eigenvalue weighted by Gasteiger charge is 2.70. The number of quaternary nitrogens is 1. The van der Waals surface area contributed by atoms with Gasteiger partial charge in [0.05, 0.1) is 30.8 Å². The maximum atomic E-state index is 13.6. The molecule has 5 rings (SSSR count). The monoisotopic (exact) mass is 428 g/mol. The Morgan fingerprint density at radius 1 is 1.13 bits per heavy atom. The van der Waals surface area contributed by atoms with Crippen LogP contribution in [0.3, 0.4) is 0 Å². The van der Waals surface area contributed by atoms with Crippen molar-refractivity contribution in [1.29, 1.82) is 0 Å². The third kappa shape index (κ3) is 3.25. The first-order valence-corrected chi connectivity index (χ1v) is 11.4. The molecule has 2 bridgehead atoms. The molecule has 31 heavy (non-hydrogen) atoms. The maximum absolute atomic E-state index is 13.6. The Hall–Kier alpha value is -2.41. The van der Waals surface area contributed by atoms with Gasteiger partial charge in [0, 0.05) is 24.7 Å². The van der Waals surface area contributed by atoms with Gasteiger partial charge in [-0.3, -0.25) is 14.4 Å². The van der Waals surface area contributed by atoms with Gasteiger partial charge >= 0.3 is 17.9 Å². The highest BCUT2D eigenvalue weighted by molar-refractivity contribution is 5.86. The molecule has 166 valence electrons. The molecule has 4 fully saturated rings. The fourth-order valence-corrected chi connectivity index (χ4v) is 6.13. The van der Waals surface area contributed by atoms with E-state index < -0.39 is 29.6 Å². The zero-order valence-electron chi connectivity index (χ0n) is 18.0. The van der Waals surface area contributed by atoms with Crippen molar-refractivity contribution < 1.29 is 33.9 Å². The molecule has 0 aromatic heterocycles. The van der Waals surface area contributed by atoms with Crippen molar-refractivity contribution in [2.24, 2.45) is 29.6 Å². The molecule has 6 unspecified atom stereocenters. The first-order valence-electron chi connectivity index (χ1n) is 11.4. The molecule has 7 heteroatoms. The first kappa shape index (κ1) is 20.5. The predicted octanol–water partition coefficient (Wildman–Crippen LogP) is 1.16. The summed E-state index contributed by atoms with van der Waals surface area (Å²) in [5.41, 5.74) is 0.315. The number of nitrogens with two attached hydrogens (primary N) is 1. The quantitative estimate of drug-likeness (QED) is 0.559. The molecule has 2 aliphatic heterocycles. The molecule has 2 saturated heterocycles. The molecule has 7 nitrogen and oxygen atoms in total. The summed E-state index contributed by atoms with van der Waals surface area (Å²) in [6, 6.07) is 9.88. The predicted molar refractivity (Wildman–Crippen MR) is 108 cm³/mol. The van der Waals surface area contributed by atoms with Crippen molar-refractivity contribution in [3.8, 4) is 0 Å². The van der Waals surface area contributed by atoms with Crippen molar-refractivity contribution in [3.63, 3.8) is 0 Å². The van der Waals surface area contributed by atoms with E-state index in [1.54, 1.807) is 13.8 Å². The van der Waals surface area contributed by atoms with Crippen LogP contribution in [0.4, 0.5) is 0 Å². The van der Waals surface area contributed by atoms with Crippen LogP contribution in [0.1, 0.15) is 38.7 Å². The molecule has 6 atom stereocenters. The standard InChI is InChI=1S/C24H29NO6/c1-13(2)21(26)29-19-16-12-15-17(22(27)30-20(15)19)18(16)23(28)31-24(8-10-25-11-9-24)14-6-4-3-5-7-14/h3-7,13,15-20,25H,8-12H2,1-2H3/p+1. The molecule has 1 aromatic carbocycles. The van der Waals surface area contributed by atoms with Crippen LogP contribution in [-0.2, 0) is 34.2 Å². The number of hydrogen-bond donors (Lipinski definition) is 1. The molecule has 2 saturated carbocycles. The van der Waals surface area contributed by atoms with Crippen LogP contribution in [0.15, 0.2) is 30.3 Å². The maximum Gasteiger partial charge on any atom is 0.311 e. The summed E-state index contributed by atoms with van der Waals surface area (Å²) < 4.78 is 17.6. The Labute approximate surface area is 181 Å². The van der Waals surface area contributed by atoms with Gasteiger partial charge in [-0.1, -0.05) is 44.2 Å². The van der Waals surface area contributed by atoms with Crippen molar-refractivity contribution in [2.45, 2.75) is 50.9 Å². The number of carbonyl (C=O) groups excluding carboxylic acids is 3. The van der Waals surface area contributed by atoms with Crippen LogP contribution in [0.5, 0.6) is 0 Å². The van der Waals surface area contributed by atoms with Gasteiger partial charge in [-0.2, -0.15) is 0 Å². The van der Waals surface area contributed by atoms with E-state index in [2.05, 4.69) is 5.32 Å². The fourth-order valence-electron chi connectivity index (χ4n) is 6.13. The minimum atomic E-state index is -0.680. The van der Waals surface area contributed by atoms with Crippen LogP contribution in [0.2, 0.25) is 0 Å². The van der Waals surface area contributed by atoms with Gasteiger partial charge in [0.1, 0.15) is 17.8 Å². The van der Waals surface area contributed by atoms with Crippen LogP contribution in [0.25, 0.3) is 0 Å². The van der Waals surface area contributed by atoms with Crippen LogP contribution in [0, 0.1) is 29.6 Å². The SMILES string of the molecule is CC(C)C(=O)OC1C2CC3C1OC(=O)C3C2C(=O)OC1(c2ccccc2)CC[NH2+]CC1. The summed E-state index contributed by atoms with van der Waals surface area (Å²) in [5, 5.41) is 2.23. The molecule has 0 amide bonds. The van der Waals surface area contributed by atoms with Crippen molar-refractivity contribution in [1.82, 2.24) is 0 Å². The lowest BCUT2D eigenvalue weighted by Gasteiger charge is -2.38. The third-order valence-corrected chi connectivity index (χ3v) is 7.64. The fraction of sp³-hybridized carbons (Fsp3) is 0.625. The number of fused-ring (bicyclic) bond motifs is 1. The summed E-state index contributed by atoms with van der Waals surface area (Å²) in [5.74, 6) is -2.73. The van der Waals surface area contributed by atoms with E-state index in [1.165, 1.54) is 0 Å². The second-order valence-electron chi connectivity index (χ2n) is 9.72. The van der Waals surface area contributed by atoms with Gasteiger partial charge < -0.3 is 19.5 Å². The zero-order valence-corrected chi connectivity index (χ0v) is 18.0. The summed E-state index contributed by atoms with van der Waals surface area (Å²) in [6.45, 7) is 5.30. The van der Waals surface area contributed by atoms with Crippen LogP contribution in [-0.4, -0.2) is 43.2 Å². The molecule has 2 N–H and O–H groups in total. The second-order valence-corrected chi connectivity index (χ2v) is 9.72. The van der Waals surface area contributed by atoms with Gasteiger partial charge in [-0.25, -0.2) is 0 Å². The Balaban J connectivity index is 1.42. The van der Waals surface area contributed by atoms with E-state index >= 15 is 0 Å². The first-order chi connectivity index (χ1) is 14.9. The average Bonchev–Trinajstić information content (AvgIpc) is 3.38. The topological polar surface area (TPSA) is 95.5 Å². The molecule has 2 heterocycles. The number of rotatable bonds is 5. The van der Waals surface area contributed by atoms with Crippen LogP contribution >= 0.6 is 0 Å². The molecule has 0 radical (unpaired) electrons. The van der Waals surface area contributed by atoms with Gasteiger partial charge in [0.25, 0.3) is 0 Å². The average molecular weight is 429 g/mol. The smallest absolute Gasteiger partial charge is 0.311 e. The Morgan fingerprint density at radius 3 is 2.52 bits per heavy atom. The molecule has 2 aliphatic carbocycles. The normalized spacial score (nSPS) is 35.1. The van der Waals surface area contributed by atoms with Gasteiger partial charge in [0.15, 0.2) is 0 Å². The molecule has 4 aliphatic rings. The third-order valence-electron chi connectivity index (χ3n) is 7.64. The van der Waals surface area contributed by atoms with E-state index in [0.717, 1.165) is 31.5 Å². The minimum absolute atomic E-state index is 0.0765. The Morgan fingerprint density at radius 2 is 1.84 bits per heavy atom. The van der Waals surface area contributed by atoms with Crippen molar-refractivity contribution >= 4 is 17.9 Å². The highest BCUT2D eigenvalue weighted by atomic mass is 16.6. The summed E-state index contributed by atoms with van der Waals surface area (Å²) >= 11 is 0. The number of esters is 3. The minimum Gasteiger partial charge on any atom is -0.458 e. The van der Waals surface area contributed by atoms with Crippen molar-refractivity contribution in [3.05, 3.63) is 35.9 Å². The Kier molecular flexibility index (Phi) is 5.04. The zero-order chi connectivity index (χ0) is 21.8. The van der Waals surface area contributed by atoms with Gasteiger partial charge in [-0.05, 0) is 12.0 Å². The summed E-state index contributed by atoms with van der Waals surface area (Å²) in [6.07, 6.45) is 1.12. The van der Waals surface area contributed by atoms with E-state index in [4.69, 9.17) is 14.2 Å². The largest absolute Gasteiger partial charge is 0.458 e. The van der Waals surface area contributed by atoms with Gasteiger partial charge in [-0.15, -0.1) is 0 Å². The lowest BCUT2D eigenvalue weighted by atomic mass is 9.78. The van der Waals surface area contributed by atoms with Crippen molar-refractivity contribution in [2.75, 3.05) is 13.1 Å². The number of benzene rings is 1. The van der Waals surface area contributed by atoms with E-state index in [-0.39, 0.29) is 35.7 Å². The Bertz CT molecular complexity index is 877. The summed E-state index contributed by atoms with van der Waals surface area (Å²) in [7, 11) is 0. The van der Waals surface area contributed by atoms with Gasteiger partial charge in [0.2, 0.25) is 0 Å². The van der Waals surface area contributed by atoms with Crippen LogP contribution < -0.4 is 5.32 Å². The van der Waals surface area contributed by atoms with E-state index in [0.29, 0.717) is 6.42 Å². The second kappa shape index (κ2) is 7.62. The molecule has 0 spiro atoms. The summed E-state index contributed by atoms with van der Waals surface area (Å²) in [4.78, 5) is 38.5. The number of ether oxygens (including phenoxy) is 3. The van der Waals surface area contributed by atoms with E-state index in [1.807, 2.05) is 30.3 Å².